The quantitative estimate of drug-likeness (QED) is 0.734. The summed E-state index contributed by atoms with van der Waals surface area (Å²) in [4.78, 5) is 13.0. The summed E-state index contributed by atoms with van der Waals surface area (Å²) in [5.41, 5.74) is 5.05. The maximum atomic E-state index is 13.0. The largest absolute Gasteiger partial charge is 0.360 e. The summed E-state index contributed by atoms with van der Waals surface area (Å²) in [6.07, 6.45) is 7.70. The summed E-state index contributed by atoms with van der Waals surface area (Å²) in [5, 5.41) is 11.9. The van der Waals surface area contributed by atoms with Crippen molar-refractivity contribution in [2.24, 2.45) is 5.92 Å². The molecule has 5 rings (SSSR count). The lowest BCUT2D eigenvalue weighted by atomic mass is 9.88. The molecule has 2 heterocycles. The van der Waals surface area contributed by atoms with Gasteiger partial charge < -0.3 is 9.84 Å². The molecule has 0 unspecified atom stereocenters. The van der Waals surface area contributed by atoms with Crippen molar-refractivity contribution >= 4 is 5.91 Å². The Morgan fingerprint density at radius 1 is 1.24 bits per heavy atom. The van der Waals surface area contributed by atoms with E-state index in [2.05, 4.69) is 39.3 Å². The van der Waals surface area contributed by atoms with Crippen LogP contribution in [0.25, 0.3) is 0 Å². The minimum absolute atomic E-state index is 0.0239. The second kappa shape index (κ2) is 7.50. The van der Waals surface area contributed by atoms with Crippen LogP contribution >= 0.6 is 0 Å². The number of amides is 1. The first kappa shape index (κ1) is 18.2. The van der Waals surface area contributed by atoms with Gasteiger partial charge in [-0.1, -0.05) is 42.4 Å². The fourth-order valence-corrected chi connectivity index (χ4v) is 4.64. The first-order chi connectivity index (χ1) is 14.2. The second-order valence-electron chi connectivity index (χ2n) is 8.39. The van der Waals surface area contributed by atoms with Crippen molar-refractivity contribution in [1.29, 1.82) is 0 Å². The summed E-state index contributed by atoms with van der Waals surface area (Å²) in [5.74, 6) is 1.32. The molecular weight excluding hydrogens is 364 g/mol. The van der Waals surface area contributed by atoms with E-state index >= 15 is 0 Å². The Kier molecular flexibility index (Phi) is 4.70. The molecule has 1 amide bonds. The zero-order valence-corrected chi connectivity index (χ0v) is 16.7. The summed E-state index contributed by atoms with van der Waals surface area (Å²) in [6.45, 7) is 2.97. The molecule has 29 heavy (non-hydrogen) atoms. The van der Waals surface area contributed by atoms with Crippen molar-refractivity contribution < 1.29 is 9.32 Å². The van der Waals surface area contributed by atoms with Gasteiger partial charge in [-0.15, -0.1) is 0 Å². The number of hydrogen-bond donors (Lipinski definition) is 1. The average Bonchev–Trinajstić information content (AvgIpc) is 3.33. The van der Waals surface area contributed by atoms with E-state index in [4.69, 9.17) is 4.52 Å². The Morgan fingerprint density at radius 2 is 2.10 bits per heavy atom. The highest BCUT2D eigenvalue weighted by Gasteiger charge is 2.30. The second-order valence-corrected chi connectivity index (χ2v) is 8.39. The summed E-state index contributed by atoms with van der Waals surface area (Å²) in [7, 11) is 0. The standard InChI is InChI=1S/C23H26N4O2/c1-15-10-11-21-17(12-15)22(26-29-21)23(28)25-19-8-5-9-20-18(19)13-24-27(20)14-16-6-3-2-4-7-16/h2-4,6-7,13,15,19H,5,8-12,14H2,1H3,(H,25,28)/t15-,19+/m0/s1. The van der Waals surface area contributed by atoms with Gasteiger partial charge in [0.05, 0.1) is 18.8 Å². The molecular formula is C23H26N4O2. The van der Waals surface area contributed by atoms with Crippen molar-refractivity contribution in [3.63, 3.8) is 0 Å². The molecule has 0 saturated carbocycles. The number of aryl methyl sites for hydroxylation is 1. The highest BCUT2D eigenvalue weighted by Crippen LogP contribution is 2.32. The van der Waals surface area contributed by atoms with Crippen LogP contribution in [0.5, 0.6) is 0 Å². The van der Waals surface area contributed by atoms with Crippen molar-refractivity contribution in [2.45, 2.75) is 58.0 Å². The molecule has 2 aliphatic rings. The van der Waals surface area contributed by atoms with Crippen LogP contribution in [0.2, 0.25) is 0 Å². The lowest BCUT2D eigenvalue weighted by molar-refractivity contribution is 0.0922. The SMILES string of the molecule is C[C@H]1CCc2onc(C(=O)N[C@@H]3CCCc4c3cnn4Cc3ccccc3)c2C1. The first-order valence-corrected chi connectivity index (χ1v) is 10.6. The summed E-state index contributed by atoms with van der Waals surface area (Å²) < 4.78 is 7.53. The van der Waals surface area contributed by atoms with Gasteiger partial charge in [-0.2, -0.15) is 5.10 Å². The highest BCUT2D eigenvalue weighted by atomic mass is 16.5. The Balaban J connectivity index is 1.35. The van der Waals surface area contributed by atoms with Crippen LogP contribution in [0.1, 0.15) is 70.9 Å². The average molecular weight is 390 g/mol. The predicted molar refractivity (Wildman–Crippen MR) is 109 cm³/mol. The third-order valence-corrected chi connectivity index (χ3v) is 6.24. The fourth-order valence-electron chi connectivity index (χ4n) is 4.64. The lowest BCUT2D eigenvalue weighted by Gasteiger charge is -2.24. The number of carbonyl (C=O) groups is 1. The molecule has 2 aromatic heterocycles. The molecule has 2 atom stereocenters. The van der Waals surface area contributed by atoms with E-state index in [1.807, 2.05) is 24.4 Å². The fraction of sp³-hybridized carbons (Fsp3) is 0.435. The lowest BCUT2D eigenvalue weighted by Crippen LogP contribution is -2.32. The maximum absolute atomic E-state index is 13.0. The van der Waals surface area contributed by atoms with Gasteiger partial charge in [0.15, 0.2) is 5.69 Å². The molecule has 0 aliphatic heterocycles. The molecule has 1 aromatic carbocycles. The number of nitrogens with one attached hydrogen (secondary N) is 1. The highest BCUT2D eigenvalue weighted by molar-refractivity contribution is 5.94. The number of carbonyl (C=O) groups excluding carboxylic acids is 1. The molecule has 3 aromatic rings. The summed E-state index contributed by atoms with van der Waals surface area (Å²) >= 11 is 0. The molecule has 0 spiro atoms. The number of fused-ring (bicyclic) bond motifs is 2. The van der Waals surface area contributed by atoms with Crippen molar-refractivity contribution in [3.8, 4) is 0 Å². The molecule has 150 valence electrons. The smallest absolute Gasteiger partial charge is 0.274 e. The number of nitrogens with zero attached hydrogens (tertiary/aromatic N) is 3. The molecule has 6 nitrogen and oxygen atoms in total. The van der Waals surface area contributed by atoms with Crippen LogP contribution in [-0.4, -0.2) is 20.8 Å². The van der Waals surface area contributed by atoms with Gasteiger partial charge >= 0.3 is 0 Å². The monoisotopic (exact) mass is 390 g/mol. The van der Waals surface area contributed by atoms with Gasteiger partial charge in [0.1, 0.15) is 5.76 Å². The van der Waals surface area contributed by atoms with E-state index in [1.165, 1.54) is 11.3 Å². The molecule has 0 bridgehead atoms. The van der Waals surface area contributed by atoms with Gasteiger partial charge in [-0.3, -0.25) is 9.48 Å². The van der Waals surface area contributed by atoms with E-state index in [9.17, 15) is 4.79 Å². The summed E-state index contributed by atoms with van der Waals surface area (Å²) in [6, 6.07) is 10.3. The number of rotatable bonds is 4. The number of hydrogen-bond acceptors (Lipinski definition) is 4. The molecule has 2 aliphatic carbocycles. The van der Waals surface area contributed by atoms with Crippen molar-refractivity contribution in [2.75, 3.05) is 0 Å². The van der Waals surface area contributed by atoms with Gasteiger partial charge in [-0.05, 0) is 43.6 Å². The zero-order valence-electron chi connectivity index (χ0n) is 16.7. The number of benzene rings is 1. The van der Waals surface area contributed by atoms with Crippen molar-refractivity contribution in [3.05, 3.63) is 70.4 Å². The maximum Gasteiger partial charge on any atom is 0.274 e. The van der Waals surface area contributed by atoms with Crippen LogP contribution in [0.15, 0.2) is 41.1 Å². The van der Waals surface area contributed by atoms with Gasteiger partial charge in [0.25, 0.3) is 5.91 Å². The van der Waals surface area contributed by atoms with E-state index < -0.39 is 0 Å². The molecule has 0 fully saturated rings. The van der Waals surface area contributed by atoms with Crippen LogP contribution in [0.4, 0.5) is 0 Å². The third-order valence-electron chi connectivity index (χ3n) is 6.24. The topological polar surface area (TPSA) is 73.0 Å². The normalized spacial score (nSPS) is 20.7. The Hall–Kier alpha value is -2.89. The molecule has 0 radical (unpaired) electrons. The van der Waals surface area contributed by atoms with Gasteiger partial charge in [0, 0.05) is 23.2 Å². The van der Waals surface area contributed by atoms with E-state index in [0.717, 1.165) is 62.0 Å². The van der Waals surface area contributed by atoms with E-state index in [-0.39, 0.29) is 11.9 Å². The Bertz CT molecular complexity index is 1020. The third kappa shape index (κ3) is 3.48. The van der Waals surface area contributed by atoms with Crippen LogP contribution in [0, 0.1) is 5.92 Å². The zero-order chi connectivity index (χ0) is 19.8. The van der Waals surface area contributed by atoms with Gasteiger partial charge in [-0.25, -0.2) is 0 Å². The molecule has 6 heteroatoms. The first-order valence-electron chi connectivity index (χ1n) is 10.6. The number of aromatic nitrogens is 3. The van der Waals surface area contributed by atoms with Gasteiger partial charge in [0.2, 0.25) is 0 Å². The van der Waals surface area contributed by atoms with Crippen LogP contribution < -0.4 is 5.32 Å². The van der Waals surface area contributed by atoms with E-state index in [1.54, 1.807) is 0 Å². The Morgan fingerprint density at radius 3 is 2.97 bits per heavy atom. The predicted octanol–water partition coefficient (Wildman–Crippen LogP) is 3.85. The van der Waals surface area contributed by atoms with E-state index in [0.29, 0.717) is 11.6 Å². The van der Waals surface area contributed by atoms with Crippen LogP contribution in [-0.2, 0) is 25.8 Å². The molecule has 0 saturated heterocycles. The Labute approximate surface area is 170 Å². The van der Waals surface area contributed by atoms with Crippen LogP contribution in [0.3, 0.4) is 0 Å². The minimum Gasteiger partial charge on any atom is -0.360 e. The minimum atomic E-state index is -0.127. The van der Waals surface area contributed by atoms with Crippen molar-refractivity contribution in [1.82, 2.24) is 20.3 Å². The molecule has 1 N–H and O–H groups in total.